The number of rotatable bonds is 2. The van der Waals surface area contributed by atoms with Crippen LogP contribution in [-0.4, -0.2) is 22.2 Å². The number of hydrogen-bond donors (Lipinski definition) is 2. The highest BCUT2D eigenvalue weighted by molar-refractivity contribution is 4.70. The summed E-state index contributed by atoms with van der Waals surface area (Å²) in [6.07, 6.45) is 5.02. The van der Waals surface area contributed by atoms with Crippen LogP contribution in [0.4, 0.5) is 0 Å². The summed E-state index contributed by atoms with van der Waals surface area (Å²) in [6.45, 7) is 7.76. The minimum atomic E-state index is 0.856. The number of hydrogen-bond acceptors (Lipinski definition) is 4. The number of aromatic nitrogens is 3. The highest BCUT2D eigenvalue weighted by Crippen LogP contribution is 1.73. The van der Waals surface area contributed by atoms with Gasteiger partial charge in [-0.15, -0.1) is 0 Å². The minimum absolute atomic E-state index is 0.856. The van der Waals surface area contributed by atoms with Crippen LogP contribution in [0.2, 0.25) is 0 Å². The molecule has 86 valence electrons. The number of nitrogens with zero attached hydrogens (tertiary/aromatic N) is 4. The van der Waals surface area contributed by atoms with Gasteiger partial charge in [-0.05, 0) is 13.8 Å². The quantitative estimate of drug-likeness (QED) is 0.583. The van der Waals surface area contributed by atoms with Gasteiger partial charge in [-0.3, -0.25) is 10.5 Å². The Morgan fingerprint density at radius 3 is 2.40 bits per heavy atom. The number of allylic oxidation sites excluding steroid dienone is 1. The van der Waals surface area contributed by atoms with Gasteiger partial charge in [0.05, 0.1) is 7.05 Å². The van der Waals surface area contributed by atoms with E-state index < -0.39 is 0 Å². The fraction of sp³-hybridized carbons (Fsp3) is 0.556. The average molecular weight is 212 g/mol. The van der Waals surface area contributed by atoms with Crippen LogP contribution < -0.4 is 5.43 Å². The van der Waals surface area contributed by atoms with Crippen LogP contribution in [0.25, 0.3) is 0 Å². The van der Waals surface area contributed by atoms with Crippen LogP contribution >= 0.6 is 0 Å². The van der Waals surface area contributed by atoms with E-state index >= 15 is 0 Å². The van der Waals surface area contributed by atoms with E-state index in [0.29, 0.717) is 0 Å². The average Bonchev–Trinajstić information content (AvgIpc) is 2.74. The first-order valence-electron chi connectivity index (χ1n) is 4.78. The van der Waals surface area contributed by atoms with Gasteiger partial charge in [0.1, 0.15) is 12.2 Å². The molecule has 0 amide bonds. The van der Waals surface area contributed by atoms with E-state index in [1.165, 1.54) is 6.33 Å². The molecule has 1 rings (SSSR count). The Morgan fingerprint density at radius 2 is 2.13 bits per heavy atom. The van der Waals surface area contributed by atoms with Crippen molar-refractivity contribution in [2.45, 2.75) is 27.7 Å². The van der Waals surface area contributed by atoms with Crippen LogP contribution in [0.3, 0.4) is 0 Å². The summed E-state index contributed by atoms with van der Waals surface area (Å²) in [6, 6.07) is 0. The van der Waals surface area contributed by atoms with Crippen molar-refractivity contribution < 1.29 is 0 Å². The molecule has 6 heteroatoms. The van der Waals surface area contributed by atoms with Gasteiger partial charge in [0.15, 0.2) is 0 Å². The van der Waals surface area contributed by atoms with Crippen molar-refractivity contribution in [3.63, 3.8) is 0 Å². The second-order valence-electron chi connectivity index (χ2n) is 2.00. The Bertz CT molecular complexity index is 229. The molecule has 0 spiro atoms. The molecule has 0 aliphatic rings. The number of aromatic amines is 1. The molecule has 0 aromatic carbocycles. The lowest BCUT2D eigenvalue weighted by Gasteiger charge is -1.79. The lowest BCUT2D eigenvalue weighted by atomic mass is 10.7. The molecule has 0 atom stereocenters. The van der Waals surface area contributed by atoms with Crippen molar-refractivity contribution >= 4 is 0 Å². The molecule has 1 aromatic rings. The summed E-state index contributed by atoms with van der Waals surface area (Å²) in [5.41, 5.74) is 2.56. The summed E-state index contributed by atoms with van der Waals surface area (Å²) in [4.78, 5) is 3.75. The predicted molar refractivity (Wildman–Crippen MR) is 61.2 cm³/mol. The molecule has 0 saturated heterocycles. The molecule has 0 saturated carbocycles. The van der Waals surface area contributed by atoms with Crippen LogP contribution in [-0.2, 0) is 0 Å². The lowest BCUT2D eigenvalue weighted by Crippen LogP contribution is -1.88. The third-order valence-electron chi connectivity index (χ3n) is 0.934. The summed E-state index contributed by atoms with van der Waals surface area (Å²) in [5.74, 6) is 0.856. The largest absolute Gasteiger partial charge is 0.268 e. The van der Waals surface area contributed by atoms with Crippen LogP contribution in [0, 0.1) is 6.92 Å². The van der Waals surface area contributed by atoms with Gasteiger partial charge in [-0.2, -0.15) is 10.2 Å². The highest BCUT2D eigenvalue weighted by atomic mass is 15.4. The first kappa shape index (κ1) is 15.7. The standard InChI is InChI=1S/C4H9N3.C3H5N3.C2H6/c1-3-4-6-7-5-2;1-3-4-2-5-6-3;1-2/h3-4H,1-2H3,(H,5,6);2H,1H3,(H,4,5,6);1-2H3/b4-3+;;. The molecule has 1 aromatic heterocycles. The highest BCUT2D eigenvalue weighted by Gasteiger charge is 1.75. The first-order chi connectivity index (χ1) is 7.31. The fourth-order valence-electron chi connectivity index (χ4n) is 0.432. The SMILES string of the molecule is C/C=C/NN=NC.CC.Cc1ncn[nH]1. The van der Waals surface area contributed by atoms with E-state index in [2.05, 4.69) is 30.9 Å². The van der Waals surface area contributed by atoms with Crippen molar-refractivity contribution in [2.75, 3.05) is 7.05 Å². The lowest BCUT2D eigenvalue weighted by molar-refractivity contribution is 0.852. The Hall–Kier alpha value is -1.72. The van der Waals surface area contributed by atoms with Gasteiger partial charge in [-0.25, -0.2) is 4.98 Å². The first-order valence-corrected chi connectivity index (χ1v) is 4.78. The second-order valence-corrected chi connectivity index (χ2v) is 2.00. The normalized spacial score (nSPS) is 9.13. The zero-order chi connectivity index (χ0) is 11.9. The summed E-state index contributed by atoms with van der Waals surface area (Å²) >= 11 is 0. The summed E-state index contributed by atoms with van der Waals surface area (Å²) in [5, 5.41) is 13.1. The third-order valence-corrected chi connectivity index (χ3v) is 0.934. The maximum absolute atomic E-state index is 3.75. The van der Waals surface area contributed by atoms with Crippen molar-refractivity contribution in [1.82, 2.24) is 20.6 Å². The van der Waals surface area contributed by atoms with Gasteiger partial charge in [0.2, 0.25) is 0 Å². The van der Waals surface area contributed by atoms with E-state index in [9.17, 15) is 0 Å². The fourth-order valence-corrected chi connectivity index (χ4v) is 0.432. The van der Waals surface area contributed by atoms with Gasteiger partial charge in [-0.1, -0.05) is 25.1 Å². The van der Waals surface area contributed by atoms with Gasteiger partial charge in [0.25, 0.3) is 0 Å². The number of aryl methyl sites for hydroxylation is 1. The molecule has 0 aliphatic heterocycles. The van der Waals surface area contributed by atoms with Crippen molar-refractivity contribution in [1.29, 1.82) is 0 Å². The van der Waals surface area contributed by atoms with Gasteiger partial charge in [0, 0.05) is 6.20 Å². The molecular weight excluding hydrogens is 192 g/mol. The molecule has 0 bridgehead atoms. The third kappa shape index (κ3) is 15.1. The van der Waals surface area contributed by atoms with Gasteiger partial charge < -0.3 is 0 Å². The Labute approximate surface area is 90.9 Å². The molecule has 6 nitrogen and oxygen atoms in total. The molecule has 2 N–H and O–H groups in total. The van der Waals surface area contributed by atoms with Crippen LogP contribution in [0.15, 0.2) is 28.9 Å². The maximum Gasteiger partial charge on any atom is 0.137 e. The predicted octanol–water partition coefficient (Wildman–Crippen LogP) is 2.25. The molecule has 0 unspecified atom stereocenters. The van der Waals surface area contributed by atoms with Crippen molar-refractivity contribution in [2.24, 2.45) is 10.3 Å². The Kier molecular flexibility index (Phi) is 15.5. The molecule has 15 heavy (non-hydrogen) atoms. The van der Waals surface area contributed by atoms with E-state index in [1.807, 2.05) is 33.8 Å². The zero-order valence-electron chi connectivity index (χ0n) is 10.0. The van der Waals surface area contributed by atoms with Crippen LogP contribution in [0.5, 0.6) is 0 Å². The smallest absolute Gasteiger partial charge is 0.137 e. The Morgan fingerprint density at radius 1 is 1.47 bits per heavy atom. The molecule has 0 fully saturated rings. The zero-order valence-corrected chi connectivity index (χ0v) is 10.0. The minimum Gasteiger partial charge on any atom is -0.268 e. The molecular formula is C9H20N6. The molecule has 0 aliphatic carbocycles. The summed E-state index contributed by atoms with van der Waals surface area (Å²) < 4.78 is 0. The Balaban J connectivity index is 0. The van der Waals surface area contributed by atoms with E-state index in [4.69, 9.17) is 0 Å². The van der Waals surface area contributed by atoms with E-state index in [0.717, 1.165) is 5.82 Å². The second kappa shape index (κ2) is 14.8. The molecule has 1 heterocycles. The topological polar surface area (TPSA) is 78.3 Å². The van der Waals surface area contributed by atoms with Crippen molar-refractivity contribution in [3.8, 4) is 0 Å². The van der Waals surface area contributed by atoms with E-state index in [-0.39, 0.29) is 0 Å². The van der Waals surface area contributed by atoms with Crippen LogP contribution in [0.1, 0.15) is 26.6 Å². The van der Waals surface area contributed by atoms with Gasteiger partial charge >= 0.3 is 0 Å². The maximum atomic E-state index is 3.75. The molecule has 0 radical (unpaired) electrons. The summed E-state index contributed by atoms with van der Waals surface area (Å²) in [7, 11) is 1.61. The van der Waals surface area contributed by atoms with E-state index in [1.54, 1.807) is 13.2 Å². The number of H-pyrrole nitrogens is 1. The van der Waals surface area contributed by atoms with Crippen molar-refractivity contribution in [3.05, 3.63) is 24.4 Å². The monoisotopic (exact) mass is 212 g/mol. The number of nitrogens with one attached hydrogen (secondary N) is 2.